The standard InChI is InChI=1S/C21H36NO.C4H10O3S/c1-4-22(5-2,6-3)18-17-21(23,19-13-9-7-10-14-19)20-15-11-8-12-16-20;1-2-3-4-8(5,6)7/h7,9-10,13-14,20,23H,4-6,8,11-12,15-18H2,1-3H3;2-4H2,1H3,(H,5,6,7)/q+1;/p-1. The molecule has 1 N–H and O–H groups in total. The van der Waals surface area contributed by atoms with E-state index in [4.69, 9.17) is 0 Å². The minimum atomic E-state index is -3.94. The average Bonchev–Trinajstić information content (AvgIpc) is 2.80. The molecule has 1 aromatic carbocycles. The summed E-state index contributed by atoms with van der Waals surface area (Å²) in [4.78, 5) is 0. The summed E-state index contributed by atoms with van der Waals surface area (Å²) in [5.41, 5.74) is 0.485. The van der Waals surface area contributed by atoms with Crippen LogP contribution in [0.2, 0.25) is 0 Å². The Balaban J connectivity index is 0.000000512. The van der Waals surface area contributed by atoms with E-state index in [0.29, 0.717) is 12.3 Å². The number of hydrogen-bond donors (Lipinski definition) is 1. The summed E-state index contributed by atoms with van der Waals surface area (Å²) in [7, 11) is -3.94. The van der Waals surface area contributed by atoms with Gasteiger partial charge in [-0.3, -0.25) is 0 Å². The molecule has 1 atom stereocenters. The van der Waals surface area contributed by atoms with Crippen molar-refractivity contribution in [1.82, 2.24) is 0 Å². The Morgan fingerprint density at radius 2 is 1.55 bits per heavy atom. The van der Waals surface area contributed by atoms with E-state index in [-0.39, 0.29) is 5.75 Å². The van der Waals surface area contributed by atoms with Crippen molar-refractivity contribution in [3.63, 3.8) is 0 Å². The summed E-state index contributed by atoms with van der Waals surface area (Å²) >= 11 is 0. The van der Waals surface area contributed by atoms with Gasteiger partial charge in [-0.05, 0) is 51.5 Å². The van der Waals surface area contributed by atoms with E-state index in [1.165, 1.54) is 32.1 Å². The number of nitrogens with zero attached hydrogens (tertiary/aromatic N) is 1. The molecule has 31 heavy (non-hydrogen) atoms. The first-order chi connectivity index (χ1) is 14.7. The van der Waals surface area contributed by atoms with E-state index in [2.05, 4.69) is 51.1 Å². The normalized spacial score (nSPS) is 17.5. The topological polar surface area (TPSA) is 77.4 Å². The molecule has 0 amide bonds. The first kappa shape index (κ1) is 28.1. The van der Waals surface area contributed by atoms with Crippen molar-refractivity contribution in [2.75, 3.05) is 31.9 Å². The van der Waals surface area contributed by atoms with Crippen molar-refractivity contribution in [2.45, 2.75) is 84.7 Å². The van der Waals surface area contributed by atoms with Crippen LogP contribution in [0.15, 0.2) is 30.3 Å². The fourth-order valence-corrected chi connectivity index (χ4v) is 5.41. The van der Waals surface area contributed by atoms with Gasteiger partial charge in [0.05, 0.1) is 41.9 Å². The van der Waals surface area contributed by atoms with Crippen molar-refractivity contribution < 1.29 is 22.6 Å². The second kappa shape index (κ2) is 13.6. The first-order valence-corrected chi connectivity index (χ1v) is 13.8. The summed E-state index contributed by atoms with van der Waals surface area (Å²) < 4.78 is 30.6. The molecular formula is C25H45NO4S. The van der Waals surface area contributed by atoms with Crippen LogP contribution in [0.4, 0.5) is 0 Å². The van der Waals surface area contributed by atoms with E-state index in [9.17, 15) is 18.1 Å². The molecule has 0 saturated heterocycles. The van der Waals surface area contributed by atoms with Gasteiger partial charge in [0.25, 0.3) is 0 Å². The molecule has 5 nitrogen and oxygen atoms in total. The zero-order valence-electron chi connectivity index (χ0n) is 20.2. The Morgan fingerprint density at radius 1 is 1.00 bits per heavy atom. The second-order valence-electron chi connectivity index (χ2n) is 9.00. The Bertz CT molecular complexity index is 689. The predicted octanol–water partition coefficient (Wildman–Crippen LogP) is 5.05. The van der Waals surface area contributed by atoms with Crippen molar-refractivity contribution >= 4 is 10.1 Å². The number of rotatable bonds is 11. The van der Waals surface area contributed by atoms with Crippen LogP contribution in [0.1, 0.15) is 84.6 Å². The minimum Gasteiger partial charge on any atom is -0.748 e. The van der Waals surface area contributed by atoms with Gasteiger partial charge in [-0.15, -0.1) is 0 Å². The van der Waals surface area contributed by atoms with Crippen LogP contribution < -0.4 is 0 Å². The van der Waals surface area contributed by atoms with Gasteiger partial charge >= 0.3 is 0 Å². The molecule has 180 valence electrons. The maximum Gasteiger partial charge on any atom is 0.0978 e. The monoisotopic (exact) mass is 455 g/mol. The Labute approximate surface area is 191 Å². The molecule has 1 unspecified atom stereocenters. The molecule has 0 radical (unpaired) electrons. The summed E-state index contributed by atoms with van der Waals surface area (Å²) in [5.74, 6) is 0.204. The van der Waals surface area contributed by atoms with Crippen molar-refractivity contribution in [3.8, 4) is 0 Å². The average molecular weight is 456 g/mol. The molecule has 0 heterocycles. The first-order valence-electron chi connectivity index (χ1n) is 12.2. The minimum absolute atomic E-state index is 0.219. The molecule has 1 aromatic rings. The highest BCUT2D eigenvalue weighted by atomic mass is 32.2. The van der Waals surface area contributed by atoms with E-state index in [0.717, 1.165) is 49.1 Å². The van der Waals surface area contributed by atoms with Crippen LogP contribution in [0, 0.1) is 5.92 Å². The predicted molar refractivity (Wildman–Crippen MR) is 128 cm³/mol. The maximum atomic E-state index is 11.7. The highest BCUT2D eigenvalue weighted by Crippen LogP contribution is 2.42. The van der Waals surface area contributed by atoms with Crippen LogP contribution >= 0.6 is 0 Å². The third-order valence-corrected chi connectivity index (χ3v) is 8.07. The SMILES string of the molecule is CCCCS(=O)(=O)[O-].CC[N+](CC)(CC)CCC(O)(c1ccccc1)C1CCCCC1. The number of hydrogen-bond acceptors (Lipinski definition) is 4. The Hall–Kier alpha value is -0.950. The number of benzene rings is 1. The molecule has 1 aliphatic carbocycles. The highest BCUT2D eigenvalue weighted by Gasteiger charge is 2.40. The van der Waals surface area contributed by atoms with Crippen LogP contribution in [0.5, 0.6) is 0 Å². The zero-order chi connectivity index (χ0) is 23.4. The van der Waals surface area contributed by atoms with Gasteiger partial charge in [0.15, 0.2) is 0 Å². The van der Waals surface area contributed by atoms with Gasteiger partial charge < -0.3 is 14.1 Å². The van der Waals surface area contributed by atoms with E-state index in [1.807, 2.05) is 6.92 Å². The molecule has 2 rings (SSSR count). The number of unbranched alkanes of at least 4 members (excludes halogenated alkanes) is 1. The summed E-state index contributed by atoms with van der Waals surface area (Å²) in [6.07, 6.45) is 8.35. The fourth-order valence-electron chi connectivity index (χ4n) is 4.76. The lowest BCUT2D eigenvalue weighted by atomic mass is 9.71. The second-order valence-corrected chi connectivity index (χ2v) is 10.5. The lowest BCUT2D eigenvalue weighted by Crippen LogP contribution is -2.51. The van der Waals surface area contributed by atoms with Crippen molar-refractivity contribution in [3.05, 3.63) is 35.9 Å². The van der Waals surface area contributed by atoms with Crippen LogP contribution in [0.3, 0.4) is 0 Å². The van der Waals surface area contributed by atoms with Gasteiger partial charge in [0, 0.05) is 12.2 Å². The van der Waals surface area contributed by atoms with Gasteiger partial charge in [0.2, 0.25) is 0 Å². The third-order valence-electron chi connectivity index (χ3n) is 7.28. The lowest BCUT2D eigenvalue weighted by Gasteiger charge is -2.43. The third kappa shape index (κ3) is 9.21. The van der Waals surface area contributed by atoms with Gasteiger partial charge in [0.1, 0.15) is 0 Å². The molecule has 1 saturated carbocycles. The van der Waals surface area contributed by atoms with Crippen molar-refractivity contribution in [1.29, 1.82) is 0 Å². The van der Waals surface area contributed by atoms with Gasteiger partial charge in [-0.1, -0.05) is 62.9 Å². The largest absolute Gasteiger partial charge is 0.748 e. The lowest BCUT2D eigenvalue weighted by molar-refractivity contribution is -0.924. The Kier molecular flexibility index (Phi) is 12.3. The van der Waals surface area contributed by atoms with Gasteiger partial charge in [-0.25, -0.2) is 8.42 Å². The smallest absolute Gasteiger partial charge is 0.0978 e. The molecule has 0 spiro atoms. The van der Waals surface area contributed by atoms with E-state index in [1.54, 1.807) is 0 Å². The molecule has 0 aromatic heterocycles. The molecular weight excluding hydrogens is 410 g/mol. The van der Waals surface area contributed by atoms with Gasteiger partial charge in [-0.2, -0.15) is 0 Å². The fraction of sp³-hybridized carbons (Fsp3) is 0.760. The van der Waals surface area contributed by atoms with E-state index >= 15 is 0 Å². The Morgan fingerprint density at radius 3 is 1.97 bits per heavy atom. The summed E-state index contributed by atoms with van der Waals surface area (Å²) in [6.45, 7) is 13.2. The maximum absolute atomic E-state index is 11.7. The van der Waals surface area contributed by atoms with Crippen LogP contribution in [-0.2, 0) is 15.7 Å². The summed E-state index contributed by atoms with van der Waals surface area (Å²) in [6, 6.07) is 10.5. The number of quaternary nitrogens is 1. The molecule has 0 aliphatic heterocycles. The van der Waals surface area contributed by atoms with E-state index < -0.39 is 15.7 Å². The van der Waals surface area contributed by atoms with Crippen LogP contribution in [-0.4, -0.2) is 54.5 Å². The summed E-state index contributed by atoms with van der Waals surface area (Å²) in [5, 5.41) is 11.7. The quantitative estimate of drug-likeness (QED) is 0.374. The number of aliphatic hydroxyl groups is 1. The molecule has 1 aliphatic rings. The molecule has 6 heteroatoms. The van der Waals surface area contributed by atoms with Crippen molar-refractivity contribution in [2.24, 2.45) is 5.92 Å². The zero-order valence-corrected chi connectivity index (χ0v) is 21.0. The molecule has 1 fully saturated rings. The molecule has 0 bridgehead atoms. The highest BCUT2D eigenvalue weighted by molar-refractivity contribution is 7.85. The van der Waals surface area contributed by atoms with Crippen LogP contribution in [0.25, 0.3) is 0 Å².